The van der Waals surface area contributed by atoms with Gasteiger partial charge >= 0.3 is 0 Å². The summed E-state index contributed by atoms with van der Waals surface area (Å²) in [5.41, 5.74) is 0. The lowest BCUT2D eigenvalue weighted by Gasteiger charge is -2.20. The van der Waals surface area contributed by atoms with Gasteiger partial charge in [-0.25, -0.2) is 0 Å². The Morgan fingerprint density at radius 1 is 0.652 bits per heavy atom. The molecule has 0 amide bonds. The first kappa shape index (κ1) is 22.9. The fraction of sp³-hybridized carbons (Fsp3) is 1.00. The molecule has 0 aromatic carbocycles. The SMILES string of the molecule is CCCCCCCCCC(CCCCCCC)CNC(O)CC. The van der Waals surface area contributed by atoms with Gasteiger partial charge in [0.15, 0.2) is 0 Å². The van der Waals surface area contributed by atoms with Crippen LogP contribution in [0.1, 0.15) is 117 Å². The molecule has 2 N–H and O–H groups in total. The van der Waals surface area contributed by atoms with E-state index in [4.69, 9.17) is 0 Å². The van der Waals surface area contributed by atoms with Crippen LogP contribution in [0.5, 0.6) is 0 Å². The number of rotatable bonds is 18. The minimum Gasteiger partial charge on any atom is -0.379 e. The Morgan fingerprint density at radius 3 is 1.52 bits per heavy atom. The molecule has 0 radical (unpaired) electrons. The van der Waals surface area contributed by atoms with Gasteiger partial charge < -0.3 is 5.11 Å². The molecule has 0 bridgehead atoms. The Bertz CT molecular complexity index is 220. The fourth-order valence-electron chi connectivity index (χ4n) is 3.22. The van der Waals surface area contributed by atoms with Gasteiger partial charge in [-0.15, -0.1) is 0 Å². The Hall–Kier alpha value is -0.0800. The van der Waals surface area contributed by atoms with E-state index in [-0.39, 0.29) is 6.23 Å². The minimum absolute atomic E-state index is 0.313. The lowest BCUT2D eigenvalue weighted by Crippen LogP contribution is -2.32. The van der Waals surface area contributed by atoms with Crippen LogP contribution < -0.4 is 5.32 Å². The van der Waals surface area contributed by atoms with Gasteiger partial charge in [-0.05, 0) is 25.2 Å². The molecule has 0 saturated heterocycles. The van der Waals surface area contributed by atoms with Crippen LogP contribution in [0.4, 0.5) is 0 Å². The monoisotopic (exact) mass is 327 g/mol. The molecule has 2 nitrogen and oxygen atoms in total. The number of unbranched alkanes of at least 4 members (excludes halogenated alkanes) is 10. The first-order valence-corrected chi connectivity index (χ1v) is 10.7. The van der Waals surface area contributed by atoms with Crippen LogP contribution in [0, 0.1) is 5.92 Å². The van der Waals surface area contributed by atoms with Gasteiger partial charge in [0.25, 0.3) is 0 Å². The van der Waals surface area contributed by atoms with E-state index in [0.29, 0.717) is 0 Å². The second-order valence-electron chi connectivity index (χ2n) is 7.31. The summed E-state index contributed by atoms with van der Waals surface area (Å²) in [4.78, 5) is 0. The van der Waals surface area contributed by atoms with Crippen LogP contribution in [0.15, 0.2) is 0 Å². The van der Waals surface area contributed by atoms with E-state index in [1.54, 1.807) is 0 Å². The lowest BCUT2D eigenvalue weighted by atomic mass is 9.94. The first-order chi connectivity index (χ1) is 11.2. The number of aliphatic hydroxyl groups is 1. The molecule has 0 aromatic rings. The van der Waals surface area contributed by atoms with Crippen molar-refractivity contribution in [3.8, 4) is 0 Å². The molecule has 23 heavy (non-hydrogen) atoms. The molecule has 0 aliphatic rings. The van der Waals surface area contributed by atoms with E-state index < -0.39 is 0 Å². The molecule has 0 rings (SSSR count). The summed E-state index contributed by atoms with van der Waals surface area (Å²) in [7, 11) is 0. The summed E-state index contributed by atoms with van der Waals surface area (Å²) in [6.07, 6.45) is 19.8. The number of nitrogens with one attached hydrogen (secondary N) is 1. The normalized spacial score (nSPS) is 14.1. The zero-order chi connectivity index (χ0) is 17.2. The average Bonchev–Trinajstić information content (AvgIpc) is 2.57. The minimum atomic E-state index is -0.313. The van der Waals surface area contributed by atoms with Crippen molar-refractivity contribution in [1.82, 2.24) is 5.32 Å². The predicted molar refractivity (Wildman–Crippen MR) is 104 cm³/mol. The second-order valence-corrected chi connectivity index (χ2v) is 7.31. The molecular weight excluding hydrogens is 282 g/mol. The molecular formula is C21H45NO. The maximum Gasteiger partial charge on any atom is 0.104 e. The second kappa shape index (κ2) is 18.3. The predicted octanol–water partition coefficient (Wildman–Crippen LogP) is 6.42. The Kier molecular flexibility index (Phi) is 18.2. The molecule has 0 saturated carbocycles. The quantitative estimate of drug-likeness (QED) is 0.225. The van der Waals surface area contributed by atoms with Crippen molar-refractivity contribution in [1.29, 1.82) is 0 Å². The van der Waals surface area contributed by atoms with Crippen LogP contribution in [-0.4, -0.2) is 17.9 Å². The Labute approximate surface area is 146 Å². The van der Waals surface area contributed by atoms with Gasteiger partial charge in [0, 0.05) is 6.54 Å². The molecule has 0 spiro atoms. The van der Waals surface area contributed by atoms with Crippen molar-refractivity contribution < 1.29 is 5.11 Å². The van der Waals surface area contributed by atoms with E-state index in [0.717, 1.165) is 18.9 Å². The van der Waals surface area contributed by atoms with Crippen LogP contribution in [0.2, 0.25) is 0 Å². The van der Waals surface area contributed by atoms with Crippen LogP contribution in [-0.2, 0) is 0 Å². The van der Waals surface area contributed by atoms with Gasteiger partial charge in [-0.3, -0.25) is 5.32 Å². The highest BCUT2D eigenvalue weighted by molar-refractivity contribution is 4.65. The van der Waals surface area contributed by atoms with Crippen LogP contribution in [0.3, 0.4) is 0 Å². The number of aliphatic hydroxyl groups excluding tert-OH is 1. The standard InChI is InChI=1S/C21H45NO/c1-4-7-9-11-12-14-16-18-20(19-22-21(23)6-3)17-15-13-10-8-5-2/h20-23H,4-19H2,1-3H3. The van der Waals surface area contributed by atoms with Crippen LogP contribution >= 0.6 is 0 Å². The Morgan fingerprint density at radius 2 is 1.09 bits per heavy atom. The van der Waals surface area contributed by atoms with Crippen molar-refractivity contribution in [2.45, 2.75) is 123 Å². The molecule has 2 unspecified atom stereocenters. The topological polar surface area (TPSA) is 32.3 Å². The lowest BCUT2D eigenvalue weighted by molar-refractivity contribution is 0.125. The van der Waals surface area contributed by atoms with Crippen molar-refractivity contribution in [3.05, 3.63) is 0 Å². The van der Waals surface area contributed by atoms with Gasteiger partial charge in [0.2, 0.25) is 0 Å². The highest BCUT2D eigenvalue weighted by atomic mass is 16.3. The van der Waals surface area contributed by atoms with E-state index in [1.165, 1.54) is 89.9 Å². The van der Waals surface area contributed by atoms with E-state index in [2.05, 4.69) is 19.2 Å². The summed E-state index contributed by atoms with van der Waals surface area (Å²) in [6.45, 7) is 7.59. The third-order valence-electron chi connectivity index (χ3n) is 4.96. The molecule has 0 heterocycles. The third-order valence-corrected chi connectivity index (χ3v) is 4.96. The van der Waals surface area contributed by atoms with E-state index >= 15 is 0 Å². The summed E-state index contributed by atoms with van der Waals surface area (Å²) >= 11 is 0. The first-order valence-electron chi connectivity index (χ1n) is 10.7. The van der Waals surface area contributed by atoms with Crippen molar-refractivity contribution in [3.63, 3.8) is 0 Å². The highest BCUT2D eigenvalue weighted by Crippen LogP contribution is 2.19. The molecule has 0 aliphatic carbocycles. The zero-order valence-corrected chi connectivity index (χ0v) is 16.4. The molecule has 0 aromatic heterocycles. The van der Waals surface area contributed by atoms with Crippen molar-refractivity contribution in [2.75, 3.05) is 6.54 Å². The number of hydrogen-bond donors (Lipinski definition) is 2. The summed E-state index contributed by atoms with van der Waals surface area (Å²) in [5.74, 6) is 0.758. The van der Waals surface area contributed by atoms with Crippen molar-refractivity contribution in [2.24, 2.45) is 5.92 Å². The molecule has 0 aliphatic heterocycles. The highest BCUT2D eigenvalue weighted by Gasteiger charge is 2.10. The summed E-state index contributed by atoms with van der Waals surface area (Å²) < 4.78 is 0. The van der Waals surface area contributed by atoms with Crippen LogP contribution in [0.25, 0.3) is 0 Å². The van der Waals surface area contributed by atoms with Gasteiger partial charge in [-0.2, -0.15) is 0 Å². The van der Waals surface area contributed by atoms with Gasteiger partial charge in [-0.1, -0.05) is 97.8 Å². The summed E-state index contributed by atoms with van der Waals surface area (Å²) in [5, 5.41) is 13.0. The zero-order valence-electron chi connectivity index (χ0n) is 16.4. The fourth-order valence-corrected chi connectivity index (χ4v) is 3.22. The van der Waals surface area contributed by atoms with Gasteiger partial charge in [0.1, 0.15) is 6.23 Å². The third kappa shape index (κ3) is 16.6. The Balaban J connectivity index is 3.78. The molecule has 140 valence electrons. The largest absolute Gasteiger partial charge is 0.379 e. The summed E-state index contributed by atoms with van der Waals surface area (Å²) in [6, 6.07) is 0. The average molecular weight is 328 g/mol. The maximum absolute atomic E-state index is 9.73. The smallest absolute Gasteiger partial charge is 0.104 e. The molecule has 0 fully saturated rings. The van der Waals surface area contributed by atoms with Gasteiger partial charge in [0.05, 0.1) is 0 Å². The maximum atomic E-state index is 9.73. The van der Waals surface area contributed by atoms with E-state index in [9.17, 15) is 5.11 Å². The van der Waals surface area contributed by atoms with E-state index in [1.807, 2.05) is 6.92 Å². The van der Waals surface area contributed by atoms with Crippen molar-refractivity contribution >= 4 is 0 Å². The number of hydrogen-bond acceptors (Lipinski definition) is 2. The molecule has 2 atom stereocenters. The molecule has 2 heteroatoms.